The van der Waals surface area contributed by atoms with E-state index in [1.807, 2.05) is 38.2 Å². The molecule has 0 saturated carbocycles. The zero-order chi connectivity index (χ0) is 21.0. The van der Waals surface area contributed by atoms with Gasteiger partial charge >= 0.3 is 6.03 Å². The summed E-state index contributed by atoms with van der Waals surface area (Å²) in [5, 5.41) is 7.22. The van der Waals surface area contributed by atoms with Crippen LogP contribution in [0.1, 0.15) is 43.5 Å². The monoisotopic (exact) mass is 391 g/mol. The molecule has 1 unspecified atom stereocenters. The van der Waals surface area contributed by atoms with Crippen molar-refractivity contribution < 1.29 is 4.79 Å². The molecule has 0 radical (unpaired) electrons. The minimum atomic E-state index is -0.148. The Morgan fingerprint density at radius 2 is 1.93 bits per heavy atom. The minimum Gasteiger partial charge on any atom is -0.337 e. The highest BCUT2D eigenvalue weighted by Gasteiger charge is 2.24. The van der Waals surface area contributed by atoms with Gasteiger partial charge in [0.25, 0.3) is 0 Å². The highest BCUT2D eigenvalue weighted by atomic mass is 16.2. The van der Waals surface area contributed by atoms with E-state index >= 15 is 0 Å². The second-order valence-corrected chi connectivity index (χ2v) is 8.13. The molecule has 0 aliphatic carbocycles. The SMILES string of the molecule is Cc1cccc(C(C)(C)CNC(=O)N(C)C(C)c2ccc(-n3cncn3)cc2)c1. The van der Waals surface area contributed by atoms with Gasteiger partial charge in [-0.05, 0) is 37.1 Å². The number of benzene rings is 2. The van der Waals surface area contributed by atoms with Crippen molar-refractivity contribution in [2.75, 3.05) is 13.6 Å². The molecular formula is C23H29N5O. The number of aryl methyl sites for hydroxylation is 1. The first-order chi connectivity index (χ1) is 13.8. The molecule has 0 saturated heterocycles. The summed E-state index contributed by atoms with van der Waals surface area (Å²) in [4.78, 5) is 18.4. The van der Waals surface area contributed by atoms with Crippen LogP contribution in [0, 0.1) is 6.92 Å². The van der Waals surface area contributed by atoms with Gasteiger partial charge in [0.1, 0.15) is 12.7 Å². The van der Waals surface area contributed by atoms with Gasteiger partial charge in [0.05, 0.1) is 11.7 Å². The number of rotatable bonds is 6. The van der Waals surface area contributed by atoms with Gasteiger partial charge in [-0.15, -0.1) is 0 Å². The molecule has 152 valence electrons. The maximum Gasteiger partial charge on any atom is 0.317 e. The van der Waals surface area contributed by atoms with Gasteiger partial charge in [-0.2, -0.15) is 5.10 Å². The summed E-state index contributed by atoms with van der Waals surface area (Å²) in [6, 6.07) is 16.3. The summed E-state index contributed by atoms with van der Waals surface area (Å²) in [5.74, 6) is 0. The minimum absolute atomic E-state index is 0.0538. The van der Waals surface area contributed by atoms with Gasteiger partial charge in [0.15, 0.2) is 0 Å². The summed E-state index contributed by atoms with van der Waals surface area (Å²) in [5.41, 5.74) is 4.29. The summed E-state index contributed by atoms with van der Waals surface area (Å²) >= 11 is 0. The molecule has 6 nitrogen and oxygen atoms in total. The van der Waals surface area contributed by atoms with Crippen LogP contribution in [0.25, 0.3) is 5.69 Å². The third kappa shape index (κ3) is 4.83. The number of urea groups is 1. The standard InChI is InChI=1S/C23H29N5O/c1-17-7-6-8-20(13-17)23(3,4)14-25-22(29)27(5)18(2)19-9-11-21(12-10-19)28-16-24-15-26-28/h6-13,15-16,18H,14H2,1-5H3,(H,25,29). The topological polar surface area (TPSA) is 63.1 Å². The molecule has 1 aromatic heterocycles. The average molecular weight is 392 g/mol. The van der Waals surface area contributed by atoms with E-state index in [1.54, 1.807) is 15.9 Å². The number of aromatic nitrogens is 3. The number of carbonyl (C=O) groups is 1. The molecule has 1 atom stereocenters. The summed E-state index contributed by atoms with van der Waals surface area (Å²) < 4.78 is 1.71. The molecule has 2 aromatic carbocycles. The second kappa shape index (κ2) is 8.47. The van der Waals surface area contributed by atoms with Crippen LogP contribution in [0.2, 0.25) is 0 Å². The normalized spacial score (nSPS) is 12.4. The number of nitrogens with zero attached hydrogens (tertiary/aromatic N) is 4. The molecule has 0 aliphatic rings. The van der Waals surface area contributed by atoms with E-state index < -0.39 is 0 Å². The lowest BCUT2D eigenvalue weighted by Crippen LogP contribution is -2.44. The zero-order valence-corrected chi connectivity index (χ0v) is 17.8. The largest absolute Gasteiger partial charge is 0.337 e. The van der Waals surface area contributed by atoms with E-state index in [0.29, 0.717) is 6.54 Å². The van der Waals surface area contributed by atoms with E-state index in [0.717, 1.165) is 11.3 Å². The van der Waals surface area contributed by atoms with Crippen LogP contribution in [-0.4, -0.2) is 39.3 Å². The lowest BCUT2D eigenvalue weighted by atomic mass is 9.84. The Kier molecular flexibility index (Phi) is 6.01. The number of hydrogen-bond acceptors (Lipinski definition) is 3. The molecule has 0 spiro atoms. The maximum absolute atomic E-state index is 12.7. The van der Waals surface area contributed by atoms with Crippen LogP contribution in [0.15, 0.2) is 61.2 Å². The van der Waals surface area contributed by atoms with Crippen molar-refractivity contribution in [1.82, 2.24) is 25.0 Å². The fourth-order valence-corrected chi connectivity index (χ4v) is 3.24. The Bertz CT molecular complexity index is 948. The molecule has 3 aromatic rings. The fraction of sp³-hybridized carbons (Fsp3) is 0.348. The summed E-state index contributed by atoms with van der Waals surface area (Å²) in [6.07, 6.45) is 3.17. The molecule has 1 heterocycles. The third-order valence-electron chi connectivity index (χ3n) is 5.44. The van der Waals surface area contributed by atoms with Crippen molar-refractivity contribution in [3.05, 3.63) is 77.9 Å². The molecule has 0 aliphatic heterocycles. The first-order valence-corrected chi connectivity index (χ1v) is 9.81. The number of amides is 2. The van der Waals surface area contributed by atoms with Crippen molar-refractivity contribution in [2.24, 2.45) is 0 Å². The highest BCUT2D eigenvalue weighted by Crippen LogP contribution is 2.24. The first kappa shape index (κ1) is 20.6. The number of hydrogen-bond donors (Lipinski definition) is 1. The van der Waals surface area contributed by atoms with Gasteiger partial charge < -0.3 is 10.2 Å². The fourth-order valence-electron chi connectivity index (χ4n) is 3.24. The van der Waals surface area contributed by atoms with Gasteiger partial charge in [-0.25, -0.2) is 14.5 Å². The molecule has 0 bridgehead atoms. The molecule has 3 rings (SSSR count). The third-order valence-corrected chi connectivity index (χ3v) is 5.44. The van der Waals surface area contributed by atoms with E-state index in [4.69, 9.17) is 0 Å². The smallest absolute Gasteiger partial charge is 0.317 e. The summed E-state index contributed by atoms with van der Waals surface area (Å²) in [7, 11) is 1.82. The molecule has 6 heteroatoms. The van der Waals surface area contributed by atoms with Crippen molar-refractivity contribution in [3.8, 4) is 5.69 Å². The Balaban J connectivity index is 1.62. The zero-order valence-electron chi connectivity index (χ0n) is 17.8. The van der Waals surface area contributed by atoms with Gasteiger partial charge in [0.2, 0.25) is 0 Å². The number of carbonyl (C=O) groups excluding carboxylic acids is 1. The maximum atomic E-state index is 12.7. The van der Waals surface area contributed by atoms with Crippen LogP contribution in [-0.2, 0) is 5.41 Å². The van der Waals surface area contributed by atoms with Crippen molar-refractivity contribution in [1.29, 1.82) is 0 Å². The Labute approximate surface area is 172 Å². The lowest BCUT2D eigenvalue weighted by molar-refractivity contribution is 0.192. The van der Waals surface area contributed by atoms with Gasteiger partial charge in [-0.1, -0.05) is 55.8 Å². The van der Waals surface area contributed by atoms with Crippen LogP contribution in [0.4, 0.5) is 4.79 Å². The Morgan fingerprint density at radius 3 is 2.55 bits per heavy atom. The number of nitrogens with one attached hydrogen (secondary N) is 1. The van der Waals surface area contributed by atoms with Crippen LogP contribution in [0.3, 0.4) is 0 Å². The Morgan fingerprint density at radius 1 is 1.21 bits per heavy atom. The Hall–Kier alpha value is -3.15. The van der Waals surface area contributed by atoms with Crippen molar-refractivity contribution >= 4 is 6.03 Å². The van der Waals surface area contributed by atoms with Crippen molar-refractivity contribution in [3.63, 3.8) is 0 Å². The molecule has 0 fully saturated rings. The molecule has 2 amide bonds. The average Bonchev–Trinajstić information content (AvgIpc) is 3.26. The van der Waals surface area contributed by atoms with Gasteiger partial charge in [-0.3, -0.25) is 0 Å². The molecule has 29 heavy (non-hydrogen) atoms. The van der Waals surface area contributed by atoms with Crippen LogP contribution < -0.4 is 5.32 Å². The van der Waals surface area contributed by atoms with Crippen molar-refractivity contribution in [2.45, 2.75) is 39.2 Å². The molecular weight excluding hydrogens is 362 g/mol. The summed E-state index contributed by atoms with van der Waals surface area (Å²) in [6.45, 7) is 8.97. The predicted molar refractivity (Wildman–Crippen MR) is 115 cm³/mol. The highest BCUT2D eigenvalue weighted by molar-refractivity contribution is 5.74. The quantitative estimate of drug-likeness (QED) is 0.683. The first-order valence-electron chi connectivity index (χ1n) is 9.81. The predicted octanol–water partition coefficient (Wildman–Crippen LogP) is 4.26. The van der Waals surface area contributed by atoms with E-state index in [-0.39, 0.29) is 17.5 Å². The van der Waals surface area contributed by atoms with Gasteiger partial charge in [0, 0.05) is 19.0 Å². The van der Waals surface area contributed by atoms with Crippen LogP contribution >= 0.6 is 0 Å². The molecule has 1 N–H and O–H groups in total. The lowest BCUT2D eigenvalue weighted by Gasteiger charge is -2.30. The van der Waals surface area contributed by atoms with Crippen LogP contribution in [0.5, 0.6) is 0 Å². The second-order valence-electron chi connectivity index (χ2n) is 8.13. The van der Waals surface area contributed by atoms with E-state index in [1.165, 1.54) is 17.5 Å². The van der Waals surface area contributed by atoms with E-state index in [2.05, 4.69) is 60.4 Å². The van der Waals surface area contributed by atoms with E-state index in [9.17, 15) is 4.79 Å².